The van der Waals surface area contributed by atoms with E-state index < -0.39 is 11.9 Å². The van der Waals surface area contributed by atoms with E-state index in [1.54, 1.807) is 12.3 Å². The maximum Gasteiger partial charge on any atom is 0.433 e. The molecule has 8 heteroatoms. The Morgan fingerprint density at radius 1 is 1.04 bits per heavy atom. The van der Waals surface area contributed by atoms with Gasteiger partial charge in [0.2, 0.25) is 0 Å². The SMILES string of the molecule is FC(F)(F)c1[nH]ncc1-c1cc(C2CCC2)c2c(ccc3[nH]ncc32)n1. The maximum absolute atomic E-state index is 13.3. The van der Waals surface area contributed by atoms with Crippen LogP contribution < -0.4 is 0 Å². The van der Waals surface area contributed by atoms with Gasteiger partial charge in [0.25, 0.3) is 0 Å². The van der Waals surface area contributed by atoms with E-state index in [4.69, 9.17) is 0 Å². The minimum Gasteiger partial charge on any atom is -0.278 e. The molecule has 5 rings (SSSR count). The molecule has 2 N–H and O–H groups in total. The summed E-state index contributed by atoms with van der Waals surface area (Å²) in [6.45, 7) is 0. The van der Waals surface area contributed by atoms with Crippen LogP contribution in [0.3, 0.4) is 0 Å². The lowest BCUT2D eigenvalue weighted by Crippen LogP contribution is -2.11. The van der Waals surface area contributed by atoms with Crippen LogP contribution in [0, 0.1) is 0 Å². The zero-order valence-corrected chi connectivity index (χ0v) is 13.6. The largest absolute Gasteiger partial charge is 0.433 e. The van der Waals surface area contributed by atoms with Crippen molar-refractivity contribution < 1.29 is 13.2 Å². The van der Waals surface area contributed by atoms with Gasteiger partial charge in [0.05, 0.1) is 34.7 Å². The minimum atomic E-state index is -4.51. The molecule has 0 spiro atoms. The molecule has 1 aliphatic rings. The van der Waals surface area contributed by atoms with Gasteiger partial charge in [-0.1, -0.05) is 6.42 Å². The van der Waals surface area contributed by atoms with Crippen molar-refractivity contribution in [3.05, 3.63) is 41.9 Å². The van der Waals surface area contributed by atoms with E-state index in [0.717, 1.165) is 41.1 Å². The number of alkyl halides is 3. The lowest BCUT2D eigenvalue weighted by molar-refractivity contribution is -0.140. The number of aromatic nitrogens is 5. The van der Waals surface area contributed by atoms with Crippen molar-refractivity contribution in [2.75, 3.05) is 0 Å². The Morgan fingerprint density at radius 3 is 2.58 bits per heavy atom. The molecule has 26 heavy (non-hydrogen) atoms. The molecule has 3 aromatic heterocycles. The molecule has 0 radical (unpaired) electrons. The zero-order valence-electron chi connectivity index (χ0n) is 13.6. The third kappa shape index (κ3) is 2.21. The Labute approximate surface area is 145 Å². The molecule has 0 bridgehead atoms. The summed E-state index contributed by atoms with van der Waals surface area (Å²) in [6, 6.07) is 5.47. The summed E-state index contributed by atoms with van der Waals surface area (Å²) in [5, 5.41) is 14.6. The quantitative estimate of drug-likeness (QED) is 0.542. The van der Waals surface area contributed by atoms with Crippen molar-refractivity contribution in [2.24, 2.45) is 0 Å². The molecule has 1 aliphatic carbocycles. The molecular weight excluding hydrogens is 343 g/mol. The standard InChI is InChI=1S/C18H14F3N5/c19-18(20,21)17-12(8-23-26-17)15-6-10(9-2-1-3-9)16-11-7-22-25-13(11)4-5-14(16)24-15/h4-9H,1-3H2,(H,22,25)(H,23,26). The van der Waals surface area contributed by atoms with Crippen LogP contribution in [0.5, 0.6) is 0 Å². The van der Waals surface area contributed by atoms with E-state index in [9.17, 15) is 13.2 Å². The van der Waals surface area contributed by atoms with Crippen molar-refractivity contribution in [1.82, 2.24) is 25.4 Å². The number of fused-ring (bicyclic) bond motifs is 3. The smallest absolute Gasteiger partial charge is 0.278 e. The van der Waals surface area contributed by atoms with Crippen LogP contribution in [0.1, 0.15) is 36.4 Å². The molecule has 1 saturated carbocycles. The number of nitrogens with zero attached hydrogens (tertiary/aromatic N) is 3. The Balaban J connectivity index is 1.81. The molecule has 0 amide bonds. The maximum atomic E-state index is 13.3. The third-order valence-corrected chi connectivity index (χ3v) is 5.17. The Morgan fingerprint density at radius 2 is 1.85 bits per heavy atom. The fraction of sp³-hybridized carbons (Fsp3) is 0.278. The number of hydrogen-bond acceptors (Lipinski definition) is 3. The van der Waals surface area contributed by atoms with Gasteiger partial charge in [-0.3, -0.25) is 10.2 Å². The average molecular weight is 357 g/mol. The highest BCUT2D eigenvalue weighted by atomic mass is 19.4. The Bertz CT molecular complexity index is 1120. The molecule has 132 valence electrons. The van der Waals surface area contributed by atoms with E-state index in [1.165, 1.54) is 6.20 Å². The second kappa shape index (κ2) is 5.30. The minimum absolute atomic E-state index is 0.0211. The first-order chi connectivity index (χ1) is 12.5. The first-order valence-electron chi connectivity index (χ1n) is 8.40. The molecule has 3 heterocycles. The van der Waals surface area contributed by atoms with Crippen LogP contribution in [-0.2, 0) is 6.18 Å². The molecule has 4 aromatic rings. The van der Waals surface area contributed by atoms with Crippen LogP contribution in [0.25, 0.3) is 33.1 Å². The lowest BCUT2D eigenvalue weighted by atomic mass is 9.78. The monoisotopic (exact) mass is 357 g/mol. The van der Waals surface area contributed by atoms with Crippen LogP contribution in [-0.4, -0.2) is 25.4 Å². The van der Waals surface area contributed by atoms with E-state index in [1.807, 2.05) is 12.1 Å². The summed E-state index contributed by atoms with van der Waals surface area (Å²) >= 11 is 0. The van der Waals surface area contributed by atoms with Crippen molar-refractivity contribution >= 4 is 21.8 Å². The Hall–Kier alpha value is -2.90. The summed E-state index contributed by atoms with van der Waals surface area (Å²) in [4.78, 5) is 4.52. The number of aromatic amines is 2. The molecule has 1 fully saturated rings. The van der Waals surface area contributed by atoms with Crippen LogP contribution >= 0.6 is 0 Å². The normalized spacial score (nSPS) is 15.7. The van der Waals surface area contributed by atoms with Gasteiger partial charge in [-0.05, 0) is 42.5 Å². The highest BCUT2D eigenvalue weighted by Crippen LogP contribution is 2.43. The third-order valence-electron chi connectivity index (χ3n) is 5.17. The molecule has 0 unspecified atom stereocenters. The summed E-state index contributed by atoms with van der Waals surface area (Å²) in [5.41, 5.74) is 2.01. The van der Waals surface area contributed by atoms with Gasteiger partial charge in [-0.25, -0.2) is 4.98 Å². The molecular formula is C18H14F3N5. The number of halogens is 3. The first kappa shape index (κ1) is 15.4. The van der Waals surface area contributed by atoms with Crippen LogP contribution in [0.15, 0.2) is 30.6 Å². The summed E-state index contributed by atoms with van der Waals surface area (Å²) in [5.74, 6) is 0.334. The van der Waals surface area contributed by atoms with Gasteiger partial charge in [0, 0.05) is 10.8 Å². The predicted octanol–water partition coefficient (Wildman–Crippen LogP) is 4.79. The van der Waals surface area contributed by atoms with E-state index in [-0.39, 0.29) is 5.56 Å². The molecule has 0 atom stereocenters. The highest BCUT2D eigenvalue weighted by molar-refractivity contribution is 6.07. The fourth-order valence-electron chi connectivity index (χ4n) is 3.66. The van der Waals surface area contributed by atoms with Crippen molar-refractivity contribution in [2.45, 2.75) is 31.4 Å². The zero-order chi connectivity index (χ0) is 17.9. The summed E-state index contributed by atoms with van der Waals surface area (Å²) in [6.07, 6.45) is 1.63. The van der Waals surface area contributed by atoms with Crippen LogP contribution in [0.4, 0.5) is 13.2 Å². The van der Waals surface area contributed by atoms with Crippen molar-refractivity contribution in [3.8, 4) is 11.3 Å². The topological polar surface area (TPSA) is 70.2 Å². The second-order valence-corrected chi connectivity index (χ2v) is 6.67. The van der Waals surface area contributed by atoms with Gasteiger partial charge >= 0.3 is 6.18 Å². The van der Waals surface area contributed by atoms with Gasteiger partial charge in [-0.15, -0.1) is 0 Å². The second-order valence-electron chi connectivity index (χ2n) is 6.67. The van der Waals surface area contributed by atoms with E-state index in [0.29, 0.717) is 17.1 Å². The first-order valence-corrected chi connectivity index (χ1v) is 8.40. The molecule has 0 aliphatic heterocycles. The van der Waals surface area contributed by atoms with Gasteiger partial charge < -0.3 is 0 Å². The highest BCUT2D eigenvalue weighted by Gasteiger charge is 2.36. The summed E-state index contributed by atoms with van der Waals surface area (Å²) in [7, 11) is 0. The molecule has 5 nitrogen and oxygen atoms in total. The van der Waals surface area contributed by atoms with Crippen LogP contribution in [0.2, 0.25) is 0 Å². The number of H-pyrrole nitrogens is 2. The number of rotatable bonds is 2. The molecule has 1 aromatic carbocycles. The van der Waals surface area contributed by atoms with Crippen molar-refractivity contribution in [1.29, 1.82) is 0 Å². The van der Waals surface area contributed by atoms with Gasteiger partial charge in [-0.2, -0.15) is 23.4 Å². The average Bonchev–Trinajstić information content (AvgIpc) is 3.21. The molecule has 0 saturated heterocycles. The number of pyridine rings is 1. The fourth-order valence-corrected chi connectivity index (χ4v) is 3.66. The van der Waals surface area contributed by atoms with E-state index >= 15 is 0 Å². The summed E-state index contributed by atoms with van der Waals surface area (Å²) < 4.78 is 39.8. The van der Waals surface area contributed by atoms with Gasteiger partial charge in [0.1, 0.15) is 5.69 Å². The van der Waals surface area contributed by atoms with Crippen molar-refractivity contribution in [3.63, 3.8) is 0 Å². The number of nitrogens with one attached hydrogen (secondary N) is 2. The number of hydrogen-bond donors (Lipinski definition) is 2. The Kier molecular flexibility index (Phi) is 3.13. The van der Waals surface area contributed by atoms with E-state index in [2.05, 4.69) is 25.4 Å². The predicted molar refractivity (Wildman–Crippen MR) is 90.6 cm³/mol. The lowest BCUT2D eigenvalue weighted by Gasteiger charge is -2.27. The van der Waals surface area contributed by atoms with Gasteiger partial charge in [0.15, 0.2) is 0 Å². The number of benzene rings is 1.